The van der Waals surface area contributed by atoms with Gasteiger partial charge in [-0.15, -0.1) is 0 Å². The molecule has 17 heavy (non-hydrogen) atoms. The minimum absolute atomic E-state index is 0.804. The second-order valence-corrected chi connectivity index (χ2v) is 4.14. The van der Waals surface area contributed by atoms with Gasteiger partial charge in [0.15, 0.2) is 0 Å². The van der Waals surface area contributed by atoms with Crippen LogP contribution in [0.25, 0.3) is 0 Å². The second kappa shape index (κ2) is 5.94. The van der Waals surface area contributed by atoms with Gasteiger partial charge in [0.05, 0.1) is 0 Å². The van der Waals surface area contributed by atoms with E-state index < -0.39 is 0 Å². The van der Waals surface area contributed by atoms with Crippen molar-refractivity contribution in [2.75, 3.05) is 17.6 Å². The van der Waals surface area contributed by atoms with Gasteiger partial charge in [0.2, 0.25) is 0 Å². The maximum atomic E-state index is 5.71. The van der Waals surface area contributed by atoms with Crippen LogP contribution in [0.1, 0.15) is 12.0 Å². The molecular formula is C15H18N2. The molecule has 0 saturated carbocycles. The molecule has 0 aliphatic carbocycles. The van der Waals surface area contributed by atoms with E-state index in [-0.39, 0.29) is 0 Å². The zero-order valence-corrected chi connectivity index (χ0v) is 9.89. The zero-order valence-electron chi connectivity index (χ0n) is 9.89. The van der Waals surface area contributed by atoms with Crippen molar-refractivity contribution in [1.29, 1.82) is 0 Å². The summed E-state index contributed by atoms with van der Waals surface area (Å²) in [7, 11) is 0. The normalized spacial score (nSPS) is 10.1. The SMILES string of the molecule is Nc1cccc(NCCCc2ccccc2)c1. The number of benzene rings is 2. The molecule has 0 aliphatic rings. The zero-order chi connectivity index (χ0) is 11.9. The first kappa shape index (κ1) is 11.5. The van der Waals surface area contributed by atoms with Crippen molar-refractivity contribution in [3.8, 4) is 0 Å². The highest BCUT2D eigenvalue weighted by molar-refractivity contribution is 5.53. The molecule has 0 saturated heterocycles. The number of anilines is 2. The molecule has 0 heterocycles. The van der Waals surface area contributed by atoms with Gasteiger partial charge in [-0.25, -0.2) is 0 Å². The van der Waals surface area contributed by atoms with Crippen LogP contribution < -0.4 is 11.1 Å². The summed E-state index contributed by atoms with van der Waals surface area (Å²) in [5.74, 6) is 0. The molecule has 0 amide bonds. The van der Waals surface area contributed by atoms with Gasteiger partial charge in [0.1, 0.15) is 0 Å². The third-order valence-electron chi connectivity index (χ3n) is 2.70. The molecule has 88 valence electrons. The molecule has 2 heteroatoms. The van der Waals surface area contributed by atoms with Crippen molar-refractivity contribution < 1.29 is 0 Å². The molecule has 0 aliphatic heterocycles. The van der Waals surface area contributed by atoms with Crippen molar-refractivity contribution in [2.45, 2.75) is 12.8 Å². The van der Waals surface area contributed by atoms with Gasteiger partial charge in [-0.2, -0.15) is 0 Å². The molecule has 0 fully saturated rings. The van der Waals surface area contributed by atoms with Gasteiger partial charge in [0.25, 0.3) is 0 Å². The van der Waals surface area contributed by atoms with E-state index >= 15 is 0 Å². The largest absolute Gasteiger partial charge is 0.399 e. The van der Waals surface area contributed by atoms with Crippen molar-refractivity contribution >= 4 is 11.4 Å². The first-order valence-electron chi connectivity index (χ1n) is 5.98. The van der Waals surface area contributed by atoms with Gasteiger partial charge >= 0.3 is 0 Å². The molecule has 0 unspecified atom stereocenters. The summed E-state index contributed by atoms with van der Waals surface area (Å²) < 4.78 is 0. The molecule has 0 bridgehead atoms. The Labute approximate surface area is 102 Å². The van der Waals surface area contributed by atoms with Crippen molar-refractivity contribution in [3.63, 3.8) is 0 Å². The van der Waals surface area contributed by atoms with E-state index in [0.717, 1.165) is 30.8 Å². The number of nitrogen functional groups attached to an aromatic ring is 1. The number of hydrogen-bond acceptors (Lipinski definition) is 2. The van der Waals surface area contributed by atoms with Crippen LogP contribution in [-0.4, -0.2) is 6.54 Å². The topological polar surface area (TPSA) is 38.0 Å². The number of hydrogen-bond donors (Lipinski definition) is 2. The predicted molar refractivity (Wildman–Crippen MR) is 74.1 cm³/mol. The van der Waals surface area contributed by atoms with E-state index in [4.69, 9.17) is 5.73 Å². The smallest absolute Gasteiger partial charge is 0.0360 e. The van der Waals surface area contributed by atoms with Gasteiger partial charge in [-0.1, -0.05) is 36.4 Å². The molecule has 0 radical (unpaired) electrons. The van der Waals surface area contributed by atoms with Crippen LogP contribution in [0.15, 0.2) is 54.6 Å². The lowest BCUT2D eigenvalue weighted by molar-refractivity contribution is 0.863. The van der Waals surface area contributed by atoms with Crippen molar-refractivity contribution in [1.82, 2.24) is 0 Å². The van der Waals surface area contributed by atoms with Gasteiger partial charge in [0, 0.05) is 17.9 Å². The Balaban J connectivity index is 1.73. The molecule has 2 aromatic carbocycles. The summed E-state index contributed by atoms with van der Waals surface area (Å²) in [4.78, 5) is 0. The number of nitrogens with two attached hydrogens (primary N) is 1. The number of aryl methyl sites for hydroxylation is 1. The Morgan fingerprint density at radius 3 is 2.53 bits per heavy atom. The molecule has 2 rings (SSSR count). The van der Waals surface area contributed by atoms with E-state index in [9.17, 15) is 0 Å². The summed E-state index contributed by atoms with van der Waals surface area (Å²) in [6.07, 6.45) is 2.23. The van der Waals surface area contributed by atoms with Crippen LogP contribution in [0.2, 0.25) is 0 Å². The standard InChI is InChI=1S/C15H18N2/c16-14-9-4-10-15(12-14)17-11-5-8-13-6-2-1-3-7-13/h1-4,6-7,9-10,12,17H,5,8,11,16H2. The molecule has 0 atom stereocenters. The molecular weight excluding hydrogens is 208 g/mol. The van der Waals surface area contributed by atoms with Crippen LogP contribution in [0, 0.1) is 0 Å². The fraction of sp³-hybridized carbons (Fsp3) is 0.200. The lowest BCUT2D eigenvalue weighted by atomic mass is 10.1. The van der Waals surface area contributed by atoms with Crippen molar-refractivity contribution in [3.05, 3.63) is 60.2 Å². The van der Waals surface area contributed by atoms with Gasteiger partial charge in [-0.3, -0.25) is 0 Å². The Morgan fingerprint density at radius 2 is 1.76 bits per heavy atom. The molecule has 3 N–H and O–H groups in total. The van der Waals surface area contributed by atoms with Crippen LogP contribution in [0.5, 0.6) is 0 Å². The summed E-state index contributed by atoms with van der Waals surface area (Å²) in [6, 6.07) is 18.4. The summed E-state index contributed by atoms with van der Waals surface area (Å²) in [5.41, 5.74) is 9.00. The average Bonchev–Trinajstić information content (AvgIpc) is 2.36. The van der Waals surface area contributed by atoms with Crippen LogP contribution >= 0.6 is 0 Å². The third kappa shape index (κ3) is 3.83. The monoisotopic (exact) mass is 226 g/mol. The van der Waals surface area contributed by atoms with E-state index in [0.29, 0.717) is 0 Å². The minimum atomic E-state index is 0.804. The Morgan fingerprint density at radius 1 is 0.941 bits per heavy atom. The highest BCUT2D eigenvalue weighted by Crippen LogP contribution is 2.11. The van der Waals surface area contributed by atoms with Gasteiger partial charge in [-0.05, 0) is 36.6 Å². The highest BCUT2D eigenvalue weighted by Gasteiger charge is 1.94. The molecule has 0 spiro atoms. The second-order valence-electron chi connectivity index (χ2n) is 4.14. The summed E-state index contributed by atoms with van der Waals surface area (Å²) in [5, 5.41) is 3.38. The minimum Gasteiger partial charge on any atom is -0.399 e. The fourth-order valence-electron chi connectivity index (χ4n) is 1.82. The molecule has 2 aromatic rings. The van der Waals surface area contributed by atoms with Crippen LogP contribution in [0.3, 0.4) is 0 Å². The van der Waals surface area contributed by atoms with Crippen LogP contribution in [-0.2, 0) is 6.42 Å². The van der Waals surface area contributed by atoms with Gasteiger partial charge < -0.3 is 11.1 Å². The highest BCUT2D eigenvalue weighted by atomic mass is 14.9. The van der Waals surface area contributed by atoms with E-state index in [2.05, 4.69) is 35.6 Å². The predicted octanol–water partition coefficient (Wildman–Crippen LogP) is 3.31. The lowest BCUT2D eigenvalue weighted by Crippen LogP contribution is -2.03. The Hall–Kier alpha value is -1.96. The first-order valence-corrected chi connectivity index (χ1v) is 5.98. The fourth-order valence-corrected chi connectivity index (χ4v) is 1.82. The average molecular weight is 226 g/mol. The van der Waals surface area contributed by atoms with E-state index in [1.54, 1.807) is 0 Å². The first-order chi connectivity index (χ1) is 8.34. The molecule has 2 nitrogen and oxygen atoms in total. The summed E-state index contributed by atoms with van der Waals surface area (Å²) >= 11 is 0. The molecule has 0 aromatic heterocycles. The number of rotatable bonds is 5. The third-order valence-corrected chi connectivity index (χ3v) is 2.70. The maximum Gasteiger partial charge on any atom is 0.0360 e. The van der Waals surface area contributed by atoms with Crippen molar-refractivity contribution in [2.24, 2.45) is 0 Å². The Bertz CT molecular complexity index is 451. The van der Waals surface area contributed by atoms with Crippen LogP contribution in [0.4, 0.5) is 11.4 Å². The van der Waals surface area contributed by atoms with E-state index in [1.807, 2.05) is 24.3 Å². The lowest BCUT2D eigenvalue weighted by Gasteiger charge is -2.07. The Kier molecular flexibility index (Phi) is 4.03. The summed E-state index contributed by atoms with van der Waals surface area (Å²) in [6.45, 7) is 0.971. The number of nitrogens with one attached hydrogen (secondary N) is 1. The quantitative estimate of drug-likeness (QED) is 0.606. The maximum absolute atomic E-state index is 5.71. The van der Waals surface area contributed by atoms with E-state index in [1.165, 1.54) is 5.56 Å².